The average molecular weight is 294 g/mol. The highest BCUT2D eigenvalue weighted by molar-refractivity contribution is 5.57. The second kappa shape index (κ2) is 5.74. The molecule has 0 radical (unpaired) electrons. The van der Waals surface area contributed by atoms with Crippen LogP contribution in [0.3, 0.4) is 0 Å². The number of nitrogens with one attached hydrogen (secondary N) is 1. The van der Waals surface area contributed by atoms with Gasteiger partial charge in [0.15, 0.2) is 17.4 Å². The number of hydrogen-bond acceptors (Lipinski definition) is 4. The highest BCUT2D eigenvalue weighted by atomic mass is 19.1. The SMILES string of the molecule is Cc1ccc([N+](=O)[O-])cc1NCc1cc(F)c(O)c(F)c1. The molecule has 7 heteroatoms. The maximum atomic E-state index is 13.2. The van der Waals surface area contributed by atoms with Crippen LogP contribution in [-0.2, 0) is 6.54 Å². The molecular formula is C14H12F2N2O3. The van der Waals surface area contributed by atoms with Gasteiger partial charge in [0.1, 0.15) is 0 Å². The lowest BCUT2D eigenvalue weighted by atomic mass is 10.1. The van der Waals surface area contributed by atoms with Gasteiger partial charge in [0.05, 0.1) is 4.92 Å². The van der Waals surface area contributed by atoms with E-state index < -0.39 is 22.3 Å². The summed E-state index contributed by atoms with van der Waals surface area (Å²) < 4.78 is 26.4. The van der Waals surface area contributed by atoms with Gasteiger partial charge in [-0.2, -0.15) is 0 Å². The van der Waals surface area contributed by atoms with Crippen molar-refractivity contribution in [1.82, 2.24) is 0 Å². The Hall–Kier alpha value is -2.70. The molecule has 5 nitrogen and oxygen atoms in total. The molecule has 0 aliphatic heterocycles. The molecule has 0 aliphatic rings. The van der Waals surface area contributed by atoms with E-state index in [1.54, 1.807) is 13.0 Å². The molecule has 0 saturated heterocycles. The van der Waals surface area contributed by atoms with Gasteiger partial charge in [-0.15, -0.1) is 0 Å². The van der Waals surface area contributed by atoms with Crippen molar-refractivity contribution in [3.63, 3.8) is 0 Å². The number of phenols is 1. The van der Waals surface area contributed by atoms with Gasteiger partial charge < -0.3 is 10.4 Å². The summed E-state index contributed by atoms with van der Waals surface area (Å²) in [6, 6.07) is 6.30. The van der Waals surface area contributed by atoms with E-state index in [9.17, 15) is 18.9 Å². The minimum atomic E-state index is -1.05. The maximum Gasteiger partial charge on any atom is 0.271 e. The molecule has 0 aromatic heterocycles. The summed E-state index contributed by atoms with van der Waals surface area (Å²) in [5.41, 5.74) is 1.46. The van der Waals surface area contributed by atoms with E-state index in [0.29, 0.717) is 5.69 Å². The number of nitro benzene ring substituents is 1. The molecule has 0 heterocycles. The number of rotatable bonds is 4. The summed E-state index contributed by atoms with van der Waals surface area (Å²) in [6.07, 6.45) is 0. The van der Waals surface area contributed by atoms with Crippen LogP contribution in [0.25, 0.3) is 0 Å². The maximum absolute atomic E-state index is 13.2. The fraction of sp³-hybridized carbons (Fsp3) is 0.143. The van der Waals surface area contributed by atoms with E-state index in [1.165, 1.54) is 12.1 Å². The van der Waals surface area contributed by atoms with Gasteiger partial charge in [-0.3, -0.25) is 10.1 Å². The van der Waals surface area contributed by atoms with Crippen LogP contribution in [0.2, 0.25) is 0 Å². The molecule has 0 aliphatic carbocycles. The van der Waals surface area contributed by atoms with Crippen LogP contribution in [0.5, 0.6) is 5.75 Å². The molecular weight excluding hydrogens is 282 g/mol. The normalized spacial score (nSPS) is 10.4. The predicted octanol–water partition coefficient (Wildman–Crippen LogP) is 3.50. The lowest BCUT2D eigenvalue weighted by molar-refractivity contribution is -0.384. The van der Waals surface area contributed by atoms with E-state index in [4.69, 9.17) is 5.11 Å². The molecule has 2 aromatic carbocycles. The van der Waals surface area contributed by atoms with E-state index >= 15 is 0 Å². The largest absolute Gasteiger partial charge is 0.503 e. The summed E-state index contributed by atoms with van der Waals surface area (Å²) in [5.74, 6) is -3.13. The van der Waals surface area contributed by atoms with Crippen molar-refractivity contribution in [3.8, 4) is 5.75 Å². The van der Waals surface area contributed by atoms with Crippen LogP contribution in [0.1, 0.15) is 11.1 Å². The lowest BCUT2D eigenvalue weighted by Gasteiger charge is -2.10. The molecule has 2 aromatic rings. The number of benzene rings is 2. The van der Waals surface area contributed by atoms with Gasteiger partial charge in [-0.1, -0.05) is 6.07 Å². The van der Waals surface area contributed by atoms with E-state index in [0.717, 1.165) is 17.7 Å². The molecule has 0 fully saturated rings. The Morgan fingerprint density at radius 2 is 1.86 bits per heavy atom. The second-order valence-electron chi connectivity index (χ2n) is 4.52. The Kier molecular flexibility index (Phi) is 4.02. The highest BCUT2D eigenvalue weighted by Gasteiger charge is 2.11. The first kappa shape index (κ1) is 14.7. The number of nitrogens with zero attached hydrogens (tertiary/aromatic N) is 1. The Balaban J connectivity index is 2.20. The Morgan fingerprint density at radius 3 is 2.43 bits per heavy atom. The molecule has 0 atom stereocenters. The van der Waals surface area contributed by atoms with Crippen molar-refractivity contribution in [2.45, 2.75) is 13.5 Å². The number of anilines is 1. The summed E-state index contributed by atoms with van der Waals surface area (Å²) >= 11 is 0. The van der Waals surface area contributed by atoms with Crippen molar-refractivity contribution in [3.05, 3.63) is 63.2 Å². The third-order valence-electron chi connectivity index (χ3n) is 2.99. The first-order valence-electron chi connectivity index (χ1n) is 6.04. The van der Waals surface area contributed by atoms with E-state index in [2.05, 4.69) is 5.32 Å². The van der Waals surface area contributed by atoms with Crippen LogP contribution >= 0.6 is 0 Å². The van der Waals surface area contributed by atoms with Crippen molar-refractivity contribution in [1.29, 1.82) is 0 Å². The summed E-state index contributed by atoms with van der Waals surface area (Å²) in [6.45, 7) is 1.82. The van der Waals surface area contributed by atoms with Crippen molar-refractivity contribution in [2.24, 2.45) is 0 Å². The number of hydrogen-bond donors (Lipinski definition) is 2. The predicted molar refractivity (Wildman–Crippen MR) is 73.2 cm³/mol. The fourth-order valence-corrected chi connectivity index (χ4v) is 1.83. The monoisotopic (exact) mass is 294 g/mol. The van der Waals surface area contributed by atoms with Gasteiger partial charge >= 0.3 is 0 Å². The van der Waals surface area contributed by atoms with Gasteiger partial charge in [0.2, 0.25) is 0 Å². The van der Waals surface area contributed by atoms with Gasteiger partial charge in [-0.25, -0.2) is 8.78 Å². The quantitative estimate of drug-likeness (QED) is 0.668. The first-order valence-corrected chi connectivity index (χ1v) is 6.04. The molecule has 2 N–H and O–H groups in total. The topological polar surface area (TPSA) is 75.4 Å². The third-order valence-corrected chi connectivity index (χ3v) is 2.99. The first-order chi connectivity index (χ1) is 9.88. The zero-order valence-corrected chi connectivity index (χ0v) is 11.1. The molecule has 0 saturated carbocycles. The van der Waals surface area contributed by atoms with Crippen molar-refractivity contribution in [2.75, 3.05) is 5.32 Å². The highest BCUT2D eigenvalue weighted by Crippen LogP contribution is 2.24. The summed E-state index contributed by atoms with van der Waals surface area (Å²) in [5, 5.41) is 22.6. The number of aryl methyl sites for hydroxylation is 1. The van der Waals surface area contributed by atoms with Crippen LogP contribution in [0.15, 0.2) is 30.3 Å². The molecule has 0 bridgehead atoms. The fourth-order valence-electron chi connectivity index (χ4n) is 1.83. The summed E-state index contributed by atoms with van der Waals surface area (Å²) in [7, 11) is 0. The van der Waals surface area contributed by atoms with Crippen LogP contribution in [-0.4, -0.2) is 10.0 Å². The Labute approximate surface area is 119 Å². The minimum absolute atomic E-state index is 0.0656. The zero-order chi connectivity index (χ0) is 15.6. The van der Waals surface area contributed by atoms with E-state index in [-0.39, 0.29) is 17.8 Å². The van der Waals surface area contributed by atoms with Crippen LogP contribution < -0.4 is 5.32 Å². The number of phenolic OH excluding ortho intramolecular Hbond substituents is 1. The Morgan fingerprint density at radius 1 is 1.24 bits per heavy atom. The number of halogens is 2. The van der Waals surface area contributed by atoms with Gasteiger partial charge in [0, 0.05) is 24.4 Å². The zero-order valence-electron chi connectivity index (χ0n) is 11.1. The molecule has 110 valence electrons. The standard InChI is InChI=1S/C14H12F2N2O3/c1-8-2-3-10(18(20)21)6-13(8)17-7-9-4-11(15)14(19)12(16)5-9/h2-6,17,19H,7H2,1H3. The molecule has 2 rings (SSSR count). The molecule has 21 heavy (non-hydrogen) atoms. The van der Waals surface area contributed by atoms with Crippen molar-refractivity contribution >= 4 is 11.4 Å². The smallest absolute Gasteiger partial charge is 0.271 e. The molecule has 0 unspecified atom stereocenters. The molecule has 0 amide bonds. The second-order valence-corrected chi connectivity index (χ2v) is 4.52. The van der Waals surface area contributed by atoms with Crippen LogP contribution in [0.4, 0.5) is 20.2 Å². The van der Waals surface area contributed by atoms with Crippen molar-refractivity contribution < 1.29 is 18.8 Å². The van der Waals surface area contributed by atoms with Crippen LogP contribution in [0, 0.1) is 28.7 Å². The lowest BCUT2D eigenvalue weighted by Crippen LogP contribution is -2.03. The Bertz CT molecular complexity index is 682. The number of non-ortho nitro benzene ring substituents is 1. The number of aromatic hydroxyl groups is 1. The summed E-state index contributed by atoms with van der Waals surface area (Å²) in [4.78, 5) is 10.2. The minimum Gasteiger partial charge on any atom is -0.503 e. The number of nitro groups is 1. The van der Waals surface area contributed by atoms with Gasteiger partial charge in [0.25, 0.3) is 5.69 Å². The van der Waals surface area contributed by atoms with Gasteiger partial charge in [-0.05, 0) is 30.2 Å². The molecule has 0 spiro atoms. The average Bonchev–Trinajstić information content (AvgIpc) is 2.43. The van der Waals surface area contributed by atoms with E-state index in [1.807, 2.05) is 0 Å². The third kappa shape index (κ3) is 3.25.